The zero-order valence-corrected chi connectivity index (χ0v) is 9.07. The van der Waals surface area contributed by atoms with E-state index in [0.29, 0.717) is 0 Å². The number of aromatic amines is 1. The predicted molar refractivity (Wildman–Crippen MR) is 61.9 cm³/mol. The van der Waals surface area contributed by atoms with Crippen molar-refractivity contribution in [3.8, 4) is 0 Å². The van der Waals surface area contributed by atoms with Crippen molar-refractivity contribution in [1.82, 2.24) is 9.97 Å². The van der Waals surface area contributed by atoms with E-state index >= 15 is 0 Å². The van der Waals surface area contributed by atoms with Gasteiger partial charge >= 0.3 is 0 Å². The number of rotatable bonds is 3. The summed E-state index contributed by atoms with van der Waals surface area (Å²) in [5.41, 5.74) is 2.37. The molecule has 0 radical (unpaired) electrons. The van der Waals surface area contributed by atoms with E-state index in [1.165, 1.54) is 5.56 Å². The van der Waals surface area contributed by atoms with Crippen LogP contribution in [-0.2, 0) is 6.54 Å². The number of benzene rings is 1. The van der Waals surface area contributed by atoms with Crippen LogP contribution in [-0.4, -0.2) is 17.0 Å². The van der Waals surface area contributed by atoms with E-state index in [2.05, 4.69) is 39.1 Å². The molecule has 3 nitrogen and oxygen atoms in total. The van der Waals surface area contributed by atoms with Gasteiger partial charge < -0.3 is 9.88 Å². The Balaban J connectivity index is 2.07. The maximum absolute atomic E-state index is 4.28. The molecule has 1 aromatic heterocycles. The van der Waals surface area contributed by atoms with Crippen LogP contribution in [0.25, 0.3) is 0 Å². The van der Waals surface area contributed by atoms with Gasteiger partial charge in [0, 0.05) is 25.5 Å². The number of aryl methyl sites for hydroxylation is 1. The molecule has 0 bridgehead atoms. The fourth-order valence-corrected chi connectivity index (χ4v) is 1.53. The highest BCUT2D eigenvalue weighted by molar-refractivity contribution is 5.32. The van der Waals surface area contributed by atoms with Gasteiger partial charge in [0.1, 0.15) is 0 Å². The summed E-state index contributed by atoms with van der Waals surface area (Å²) in [7, 11) is 2.03. The maximum atomic E-state index is 4.28. The Bertz CT molecular complexity index is 419. The first-order valence-electron chi connectivity index (χ1n) is 5.02. The Morgan fingerprint density at radius 3 is 2.60 bits per heavy atom. The van der Waals surface area contributed by atoms with Crippen LogP contribution in [0.2, 0.25) is 0 Å². The Labute approximate surface area is 89.8 Å². The van der Waals surface area contributed by atoms with Crippen molar-refractivity contribution in [3.63, 3.8) is 0 Å². The third kappa shape index (κ3) is 2.37. The molecule has 0 saturated heterocycles. The largest absolute Gasteiger partial charge is 0.341 e. The molecule has 15 heavy (non-hydrogen) atoms. The molecule has 0 aliphatic heterocycles. The summed E-state index contributed by atoms with van der Waals surface area (Å²) in [6.07, 6.45) is 1.84. The Hall–Kier alpha value is -1.77. The number of hydrogen-bond acceptors (Lipinski definition) is 2. The molecule has 0 unspecified atom stereocenters. The molecular weight excluding hydrogens is 186 g/mol. The molecule has 2 rings (SSSR count). The van der Waals surface area contributed by atoms with Gasteiger partial charge in [0.25, 0.3) is 0 Å². The van der Waals surface area contributed by atoms with Gasteiger partial charge in [-0.25, -0.2) is 4.98 Å². The number of imidazole rings is 1. The van der Waals surface area contributed by atoms with Crippen molar-refractivity contribution in [2.24, 2.45) is 0 Å². The first kappa shape index (κ1) is 9.77. The highest BCUT2D eigenvalue weighted by Crippen LogP contribution is 2.10. The summed E-state index contributed by atoms with van der Waals surface area (Å²) < 4.78 is 0. The van der Waals surface area contributed by atoms with Gasteiger partial charge in [-0.1, -0.05) is 30.3 Å². The summed E-state index contributed by atoms with van der Waals surface area (Å²) in [5, 5.41) is 0. The van der Waals surface area contributed by atoms with Crippen molar-refractivity contribution in [3.05, 3.63) is 47.8 Å². The van der Waals surface area contributed by atoms with Crippen LogP contribution in [0.3, 0.4) is 0 Å². The Morgan fingerprint density at radius 1 is 1.27 bits per heavy atom. The molecule has 78 valence electrons. The zero-order valence-electron chi connectivity index (χ0n) is 9.07. The van der Waals surface area contributed by atoms with Gasteiger partial charge in [0.05, 0.1) is 0 Å². The smallest absolute Gasteiger partial charge is 0.202 e. The van der Waals surface area contributed by atoms with Gasteiger partial charge in [-0.3, -0.25) is 0 Å². The summed E-state index contributed by atoms with van der Waals surface area (Å²) >= 11 is 0. The Kier molecular flexibility index (Phi) is 2.72. The maximum Gasteiger partial charge on any atom is 0.202 e. The van der Waals surface area contributed by atoms with Gasteiger partial charge in [0.2, 0.25) is 5.95 Å². The molecule has 0 aliphatic rings. The second kappa shape index (κ2) is 4.17. The molecule has 0 spiro atoms. The van der Waals surface area contributed by atoms with Crippen LogP contribution in [0.15, 0.2) is 36.5 Å². The lowest BCUT2D eigenvalue weighted by atomic mass is 10.2. The van der Waals surface area contributed by atoms with Gasteiger partial charge in [-0.2, -0.15) is 0 Å². The molecule has 0 aliphatic carbocycles. The quantitative estimate of drug-likeness (QED) is 0.826. The van der Waals surface area contributed by atoms with Gasteiger partial charge in [-0.15, -0.1) is 0 Å². The molecule has 1 aromatic carbocycles. The number of hydrogen-bond donors (Lipinski definition) is 1. The normalized spacial score (nSPS) is 10.3. The molecule has 1 N–H and O–H groups in total. The van der Waals surface area contributed by atoms with Crippen LogP contribution in [0.4, 0.5) is 5.95 Å². The average Bonchev–Trinajstić information content (AvgIpc) is 2.66. The summed E-state index contributed by atoms with van der Waals surface area (Å²) in [4.78, 5) is 9.59. The molecule has 0 atom stereocenters. The minimum Gasteiger partial charge on any atom is -0.341 e. The number of aromatic nitrogens is 2. The van der Waals surface area contributed by atoms with Crippen LogP contribution in [0, 0.1) is 6.92 Å². The minimum absolute atomic E-state index is 0.869. The third-order valence-corrected chi connectivity index (χ3v) is 2.31. The van der Waals surface area contributed by atoms with Crippen molar-refractivity contribution in [2.75, 3.05) is 11.9 Å². The molecular formula is C12H15N3. The van der Waals surface area contributed by atoms with Crippen LogP contribution in [0.5, 0.6) is 0 Å². The van der Waals surface area contributed by atoms with Crippen molar-refractivity contribution in [1.29, 1.82) is 0 Å². The molecule has 2 aromatic rings. The van der Waals surface area contributed by atoms with E-state index in [0.717, 1.165) is 18.2 Å². The molecule has 0 fully saturated rings. The summed E-state index contributed by atoms with van der Waals surface area (Å²) in [6, 6.07) is 10.4. The van der Waals surface area contributed by atoms with E-state index in [4.69, 9.17) is 0 Å². The van der Waals surface area contributed by atoms with Gasteiger partial charge in [-0.05, 0) is 12.5 Å². The van der Waals surface area contributed by atoms with Crippen molar-refractivity contribution in [2.45, 2.75) is 13.5 Å². The zero-order chi connectivity index (χ0) is 10.7. The van der Waals surface area contributed by atoms with Crippen molar-refractivity contribution < 1.29 is 0 Å². The minimum atomic E-state index is 0.869. The fraction of sp³-hybridized carbons (Fsp3) is 0.250. The lowest BCUT2D eigenvalue weighted by molar-refractivity contribution is 0.880. The standard InChI is InChI=1S/C12H15N3/c1-10-8-13-12(14-10)15(2)9-11-6-4-3-5-7-11/h3-8H,9H2,1-2H3,(H,13,14). The SMILES string of the molecule is Cc1cnc(N(C)Cc2ccccc2)[nH]1. The second-order valence-electron chi connectivity index (χ2n) is 3.73. The van der Waals surface area contributed by atoms with Crippen LogP contribution < -0.4 is 4.90 Å². The summed E-state index contributed by atoms with van der Waals surface area (Å²) in [6.45, 7) is 2.88. The first-order chi connectivity index (χ1) is 7.25. The summed E-state index contributed by atoms with van der Waals surface area (Å²) in [5.74, 6) is 0.913. The number of nitrogens with one attached hydrogen (secondary N) is 1. The predicted octanol–water partition coefficient (Wildman–Crippen LogP) is 2.35. The van der Waals surface area contributed by atoms with Gasteiger partial charge in [0.15, 0.2) is 0 Å². The number of H-pyrrole nitrogens is 1. The molecule has 0 saturated carbocycles. The van der Waals surface area contributed by atoms with E-state index < -0.39 is 0 Å². The first-order valence-corrected chi connectivity index (χ1v) is 5.02. The highest BCUT2D eigenvalue weighted by atomic mass is 15.2. The fourth-order valence-electron chi connectivity index (χ4n) is 1.53. The van der Waals surface area contributed by atoms with Crippen LogP contribution >= 0.6 is 0 Å². The van der Waals surface area contributed by atoms with E-state index in [1.54, 1.807) is 0 Å². The van der Waals surface area contributed by atoms with Crippen molar-refractivity contribution >= 4 is 5.95 Å². The van der Waals surface area contributed by atoms with E-state index in [9.17, 15) is 0 Å². The number of nitrogens with zero attached hydrogens (tertiary/aromatic N) is 2. The molecule has 1 heterocycles. The lowest BCUT2D eigenvalue weighted by Crippen LogP contribution is -2.17. The molecule has 3 heteroatoms. The number of anilines is 1. The van der Waals surface area contributed by atoms with E-state index in [-0.39, 0.29) is 0 Å². The molecule has 0 amide bonds. The lowest BCUT2D eigenvalue weighted by Gasteiger charge is -2.15. The highest BCUT2D eigenvalue weighted by Gasteiger charge is 2.04. The van der Waals surface area contributed by atoms with Crippen LogP contribution in [0.1, 0.15) is 11.3 Å². The topological polar surface area (TPSA) is 31.9 Å². The second-order valence-corrected chi connectivity index (χ2v) is 3.73. The Morgan fingerprint density at radius 2 is 2.00 bits per heavy atom. The van der Waals surface area contributed by atoms with E-state index in [1.807, 2.05) is 26.2 Å². The third-order valence-electron chi connectivity index (χ3n) is 2.31. The average molecular weight is 201 g/mol. The monoisotopic (exact) mass is 201 g/mol.